The summed E-state index contributed by atoms with van der Waals surface area (Å²) in [5.74, 6) is -0.639. The van der Waals surface area contributed by atoms with Gasteiger partial charge in [0.2, 0.25) is 0 Å². The zero-order valence-corrected chi connectivity index (χ0v) is 12.3. The van der Waals surface area contributed by atoms with Crippen molar-refractivity contribution >= 4 is 17.3 Å². The van der Waals surface area contributed by atoms with Crippen molar-refractivity contribution in [1.82, 2.24) is 15.1 Å². The lowest BCUT2D eigenvalue weighted by molar-refractivity contribution is -0.395. The number of nitrogens with one attached hydrogen (secondary N) is 1. The van der Waals surface area contributed by atoms with E-state index in [0.717, 1.165) is 17.7 Å². The van der Waals surface area contributed by atoms with Gasteiger partial charge < -0.3 is 5.32 Å². The predicted octanol–water partition coefficient (Wildman–Crippen LogP) is 1.47. The summed E-state index contributed by atoms with van der Waals surface area (Å²) in [7, 11) is 1.72. The van der Waals surface area contributed by atoms with E-state index in [2.05, 4.69) is 10.4 Å². The average molecular weight is 319 g/mol. The van der Waals surface area contributed by atoms with Gasteiger partial charge in [-0.15, -0.1) is 0 Å². The second-order valence-electron chi connectivity index (χ2n) is 4.86. The number of hydrogen-bond acceptors (Lipinski definition) is 6. The third kappa shape index (κ3) is 3.48. The van der Waals surface area contributed by atoms with Crippen LogP contribution in [-0.2, 0) is 13.6 Å². The Morgan fingerprint density at radius 2 is 1.83 bits per heavy atom. The molecule has 1 heterocycles. The minimum absolute atomic E-state index is 0.0937. The molecule has 0 atom stereocenters. The van der Waals surface area contributed by atoms with Crippen molar-refractivity contribution < 1.29 is 14.6 Å². The molecular weight excluding hydrogens is 306 g/mol. The molecule has 0 unspecified atom stereocenters. The maximum absolute atomic E-state index is 12.1. The van der Waals surface area contributed by atoms with E-state index in [1.807, 2.05) is 0 Å². The molecule has 0 fully saturated rings. The van der Waals surface area contributed by atoms with Crippen LogP contribution in [0.3, 0.4) is 0 Å². The van der Waals surface area contributed by atoms with Crippen LogP contribution in [0.5, 0.6) is 0 Å². The molecule has 0 bridgehead atoms. The highest BCUT2D eigenvalue weighted by molar-refractivity contribution is 5.95. The summed E-state index contributed by atoms with van der Waals surface area (Å²) in [5, 5.41) is 28.5. The lowest BCUT2D eigenvalue weighted by Crippen LogP contribution is -2.23. The first-order valence-corrected chi connectivity index (χ1v) is 6.48. The molecule has 0 aliphatic rings. The van der Waals surface area contributed by atoms with Crippen LogP contribution >= 0.6 is 0 Å². The highest BCUT2D eigenvalue weighted by Crippen LogP contribution is 2.29. The molecule has 1 amide bonds. The largest absolute Gasteiger partial charge is 0.348 e. The lowest BCUT2D eigenvalue weighted by atomic mass is 10.1. The topological polar surface area (TPSA) is 133 Å². The van der Waals surface area contributed by atoms with Crippen molar-refractivity contribution in [2.75, 3.05) is 0 Å². The van der Waals surface area contributed by atoms with Gasteiger partial charge in [-0.25, -0.2) is 0 Å². The first-order chi connectivity index (χ1) is 10.8. The normalized spacial score (nSPS) is 10.3. The van der Waals surface area contributed by atoms with E-state index < -0.39 is 27.1 Å². The Morgan fingerprint density at radius 3 is 2.26 bits per heavy atom. The zero-order valence-electron chi connectivity index (χ0n) is 12.3. The number of nitro benzene ring substituents is 2. The molecule has 1 aromatic carbocycles. The van der Waals surface area contributed by atoms with Gasteiger partial charge in [0.1, 0.15) is 5.56 Å². The molecule has 0 aliphatic heterocycles. The van der Waals surface area contributed by atoms with Crippen LogP contribution in [0.15, 0.2) is 24.5 Å². The number of rotatable bonds is 5. The van der Waals surface area contributed by atoms with Crippen LogP contribution in [0.25, 0.3) is 0 Å². The molecule has 0 spiro atoms. The van der Waals surface area contributed by atoms with Gasteiger partial charge in [-0.2, -0.15) is 5.10 Å². The molecular formula is C13H13N5O5. The third-order valence-electron chi connectivity index (χ3n) is 3.22. The van der Waals surface area contributed by atoms with Gasteiger partial charge in [0.25, 0.3) is 17.3 Å². The van der Waals surface area contributed by atoms with Crippen molar-refractivity contribution in [2.24, 2.45) is 7.05 Å². The molecule has 1 N–H and O–H groups in total. The van der Waals surface area contributed by atoms with Crippen molar-refractivity contribution in [1.29, 1.82) is 0 Å². The monoisotopic (exact) mass is 319 g/mol. The molecule has 0 saturated heterocycles. The van der Waals surface area contributed by atoms with Crippen LogP contribution < -0.4 is 5.32 Å². The highest BCUT2D eigenvalue weighted by atomic mass is 16.6. The Labute approximate surface area is 130 Å². The maximum Gasteiger partial charge on any atom is 0.279 e. The van der Waals surface area contributed by atoms with Gasteiger partial charge in [-0.05, 0) is 6.92 Å². The molecule has 10 nitrogen and oxygen atoms in total. The van der Waals surface area contributed by atoms with E-state index in [4.69, 9.17) is 0 Å². The molecule has 1 aromatic heterocycles. The number of benzene rings is 1. The number of carbonyl (C=O) groups is 1. The summed E-state index contributed by atoms with van der Waals surface area (Å²) in [6.45, 7) is 1.43. The van der Waals surface area contributed by atoms with Crippen LogP contribution in [0.4, 0.5) is 11.4 Å². The predicted molar refractivity (Wildman–Crippen MR) is 78.9 cm³/mol. The molecule has 2 rings (SSSR count). The number of aryl methyl sites for hydroxylation is 1. The average Bonchev–Trinajstić information content (AvgIpc) is 2.90. The highest BCUT2D eigenvalue weighted by Gasteiger charge is 2.25. The molecule has 10 heteroatoms. The fourth-order valence-corrected chi connectivity index (χ4v) is 2.04. The van der Waals surface area contributed by atoms with Gasteiger partial charge in [0.05, 0.1) is 21.6 Å². The molecule has 0 aliphatic carbocycles. The fraction of sp³-hybridized carbons (Fsp3) is 0.231. The van der Waals surface area contributed by atoms with Crippen molar-refractivity contribution in [2.45, 2.75) is 13.5 Å². The summed E-state index contributed by atoms with van der Waals surface area (Å²) in [5.41, 5.74) is -0.435. The SMILES string of the molecule is Cc1c([N+](=O)[O-])cc(C(=O)NCc2cnn(C)c2)cc1[N+](=O)[O-]. The minimum Gasteiger partial charge on any atom is -0.348 e. The van der Waals surface area contributed by atoms with Gasteiger partial charge in [0.15, 0.2) is 0 Å². The third-order valence-corrected chi connectivity index (χ3v) is 3.22. The van der Waals surface area contributed by atoms with Crippen molar-refractivity contribution in [3.8, 4) is 0 Å². The standard InChI is InChI=1S/C13H13N5O5/c1-8-11(17(20)21)3-10(4-12(8)18(22)23)13(19)14-5-9-6-15-16(2)7-9/h3-4,6-7H,5H2,1-2H3,(H,14,19). The first kappa shape index (κ1) is 16.1. The summed E-state index contributed by atoms with van der Waals surface area (Å²) < 4.78 is 1.56. The number of nitro groups is 2. The summed E-state index contributed by atoms with van der Waals surface area (Å²) >= 11 is 0. The first-order valence-electron chi connectivity index (χ1n) is 6.48. The van der Waals surface area contributed by atoms with Crippen LogP contribution in [0, 0.1) is 27.2 Å². The van der Waals surface area contributed by atoms with Crippen LogP contribution in [-0.4, -0.2) is 25.5 Å². The smallest absolute Gasteiger partial charge is 0.279 e. The molecule has 0 radical (unpaired) electrons. The second-order valence-corrected chi connectivity index (χ2v) is 4.86. The number of carbonyl (C=O) groups excluding carboxylic acids is 1. The van der Waals surface area contributed by atoms with Crippen LogP contribution in [0.2, 0.25) is 0 Å². The van der Waals surface area contributed by atoms with E-state index in [-0.39, 0.29) is 17.7 Å². The van der Waals surface area contributed by atoms with Gasteiger partial charge in [-0.1, -0.05) is 0 Å². The Hall–Kier alpha value is -3.30. The van der Waals surface area contributed by atoms with E-state index in [1.54, 1.807) is 24.1 Å². The molecule has 0 saturated carbocycles. The summed E-state index contributed by atoms with van der Waals surface area (Å²) in [6, 6.07) is 2.06. The fourth-order valence-electron chi connectivity index (χ4n) is 2.04. The van der Waals surface area contributed by atoms with Crippen LogP contribution in [0.1, 0.15) is 21.5 Å². The van der Waals surface area contributed by atoms with Gasteiger partial charge in [0, 0.05) is 37.5 Å². The summed E-state index contributed by atoms with van der Waals surface area (Å²) in [4.78, 5) is 32.6. The van der Waals surface area contributed by atoms with E-state index in [0.29, 0.717) is 0 Å². The zero-order chi connectivity index (χ0) is 17.1. The molecule has 120 valence electrons. The maximum atomic E-state index is 12.1. The quantitative estimate of drug-likeness (QED) is 0.655. The minimum atomic E-state index is -0.750. The number of amides is 1. The van der Waals surface area contributed by atoms with Crippen molar-refractivity contribution in [3.63, 3.8) is 0 Å². The Bertz CT molecular complexity index is 763. The van der Waals surface area contributed by atoms with E-state index >= 15 is 0 Å². The van der Waals surface area contributed by atoms with E-state index in [9.17, 15) is 25.0 Å². The number of hydrogen-bond donors (Lipinski definition) is 1. The Kier molecular flexibility index (Phi) is 4.35. The lowest BCUT2D eigenvalue weighted by Gasteiger charge is -2.06. The van der Waals surface area contributed by atoms with Crippen molar-refractivity contribution in [3.05, 3.63) is 61.4 Å². The van der Waals surface area contributed by atoms with Gasteiger partial charge >= 0.3 is 0 Å². The number of nitrogens with zero attached hydrogens (tertiary/aromatic N) is 4. The van der Waals surface area contributed by atoms with Gasteiger partial charge in [-0.3, -0.25) is 29.7 Å². The number of aromatic nitrogens is 2. The molecule has 23 heavy (non-hydrogen) atoms. The Morgan fingerprint density at radius 1 is 1.26 bits per heavy atom. The summed E-state index contributed by atoms with van der Waals surface area (Å²) in [6.07, 6.45) is 3.25. The Balaban J connectivity index is 2.28. The van der Waals surface area contributed by atoms with E-state index in [1.165, 1.54) is 6.92 Å². The molecule has 2 aromatic rings. The second kappa shape index (κ2) is 6.22.